The average Bonchev–Trinajstić information content (AvgIpc) is 3.57. The number of benzene rings is 1. The Morgan fingerprint density at radius 2 is 1.97 bits per heavy atom. The molecule has 2 aliphatic rings. The summed E-state index contributed by atoms with van der Waals surface area (Å²) in [6, 6.07) is 8.11. The van der Waals surface area contributed by atoms with Crippen LogP contribution in [0.2, 0.25) is 0 Å². The van der Waals surface area contributed by atoms with Gasteiger partial charge in [0.05, 0.1) is 17.3 Å². The third kappa shape index (κ3) is 3.82. The van der Waals surface area contributed by atoms with Gasteiger partial charge in [-0.3, -0.25) is 4.79 Å². The summed E-state index contributed by atoms with van der Waals surface area (Å²) in [5.41, 5.74) is 3.91. The van der Waals surface area contributed by atoms with Crippen LogP contribution in [-0.4, -0.2) is 47.2 Å². The van der Waals surface area contributed by atoms with Gasteiger partial charge in [-0.25, -0.2) is 17.4 Å². The first kappa shape index (κ1) is 24.1. The van der Waals surface area contributed by atoms with E-state index in [1.54, 1.807) is 16.8 Å². The molecule has 0 spiro atoms. The summed E-state index contributed by atoms with van der Waals surface area (Å²) in [7, 11) is 0. The monoisotopic (exact) mass is 633 g/mol. The molecule has 1 unspecified atom stereocenters. The van der Waals surface area contributed by atoms with Gasteiger partial charge in [0.1, 0.15) is 15.9 Å². The number of likely N-dealkylation sites (tertiary alicyclic amines) is 1. The Balaban J connectivity index is 1.38. The number of amides is 1. The molecule has 2 fully saturated rings. The Morgan fingerprint density at radius 3 is 2.64 bits per heavy atom. The fraction of sp³-hybridized carbons (Fsp3) is 0.360. The molecular formula is C25H25Br2N5O3S. The number of carbonyl (C=O) groups is 1. The number of fused-ring (bicyclic) bond motifs is 2. The van der Waals surface area contributed by atoms with E-state index in [9.17, 15) is 9.00 Å². The second kappa shape index (κ2) is 8.97. The molecule has 3 aromatic heterocycles. The van der Waals surface area contributed by atoms with Crippen molar-refractivity contribution in [3.63, 3.8) is 0 Å². The molecule has 36 heavy (non-hydrogen) atoms. The molecule has 4 aromatic rings. The molecule has 8 nitrogen and oxygen atoms in total. The SMILES string of the molecule is Cc1c(C(=O)N2CC[C@H]2C)c(Br)n2nccc(Oc3ccc4c(c3)c(Br)c(C)n4S(=O)NC3CC3)c12. The number of hydrogen-bond donors (Lipinski definition) is 1. The lowest BCUT2D eigenvalue weighted by Crippen LogP contribution is -2.49. The van der Waals surface area contributed by atoms with Crippen molar-refractivity contribution in [3.8, 4) is 11.5 Å². The van der Waals surface area contributed by atoms with Gasteiger partial charge < -0.3 is 9.64 Å². The van der Waals surface area contributed by atoms with Crippen LogP contribution >= 0.6 is 31.9 Å². The summed E-state index contributed by atoms with van der Waals surface area (Å²) in [6.45, 7) is 6.71. The molecule has 6 rings (SSSR count). The topological polar surface area (TPSA) is 80.9 Å². The summed E-state index contributed by atoms with van der Waals surface area (Å²) in [6.07, 6.45) is 4.80. The van der Waals surface area contributed by atoms with Crippen LogP contribution in [0.1, 0.15) is 47.8 Å². The van der Waals surface area contributed by atoms with Crippen LogP contribution in [0.25, 0.3) is 16.4 Å². The third-order valence-electron chi connectivity index (χ3n) is 7.05. The van der Waals surface area contributed by atoms with Crippen molar-refractivity contribution in [2.45, 2.75) is 52.1 Å². The first-order valence-electron chi connectivity index (χ1n) is 11.9. The van der Waals surface area contributed by atoms with Crippen molar-refractivity contribution in [2.24, 2.45) is 0 Å². The summed E-state index contributed by atoms with van der Waals surface area (Å²) < 4.78 is 27.5. The zero-order valence-electron chi connectivity index (χ0n) is 20.0. The van der Waals surface area contributed by atoms with Crippen molar-refractivity contribution in [2.75, 3.05) is 6.54 Å². The lowest BCUT2D eigenvalue weighted by molar-refractivity contribution is 0.0500. The Bertz CT molecular complexity index is 1580. The Morgan fingerprint density at radius 1 is 1.19 bits per heavy atom. The van der Waals surface area contributed by atoms with Crippen LogP contribution in [0.5, 0.6) is 11.5 Å². The molecule has 1 saturated carbocycles. The summed E-state index contributed by atoms with van der Waals surface area (Å²) in [5.74, 6) is 1.24. The summed E-state index contributed by atoms with van der Waals surface area (Å²) in [5, 5.41) is 5.38. The molecule has 0 radical (unpaired) electrons. The minimum absolute atomic E-state index is 0.00421. The van der Waals surface area contributed by atoms with E-state index in [0.717, 1.165) is 58.0 Å². The van der Waals surface area contributed by atoms with E-state index in [1.807, 2.05) is 40.9 Å². The van der Waals surface area contributed by atoms with E-state index in [2.05, 4.69) is 48.6 Å². The third-order valence-corrected chi connectivity index (χ3v) is 10.1. The van der Waals surface area contributed by atoms with Crippen molar-refractivity contribution in [1.82, 2.24) is 23.2 Å². The van der Waals surface area contributed by atoms with E-state index in [4.69, 9.17) is 4.74 Å². The molecule has 188 valence electrons. The van der Waals surface area contributed by atoms with Gasteiger partial charge in [-0.1, -0.05) is 0 Å². The fourth-order valence-corrected chi connectivity index (χ4v) is 7.36. The molecule has 0 bridgehead atoms. The van der Waals surface area contributed by atoms with Gasteiger partial charge in [-0.2, -0.15) is 5.10 Å². The number of aromatic nitrogens is 3. The van der Waals surface area contributed by atoms with Crippen LogP contribution < -0.4 is 9.46 Å². The smallest absolute Gasteiger partial charge is 0.257 e. The minimum atomic E-state index is -1.35. The summed E-state index contributed by atoms with van der Waals surface area (Å²) in [4.78, 5) is 15.1. The zero-order chi connectivity index (χ0) is 25.3. The first-order valence-corrected chi connectivity index (χ1v) is 14.6. The van der Waals surface area contributed by atoms with Gasteiger partial charge in [0, 0.05) is 40.2 Å². The van der Waals surface area contributed by atoms with Crippen molar-refractivity contribution >= 4 is 65.4 Å². The lowest BCUT2D eigenvalue weighted by atomic mass is 10.0. The number of halogens is 2. The Kier molecular flexibility index (Phi) is 6.01. The maximum absolute atomic E-state index is 13.2. The van der Waals surface area contributed by atoms with E-state index < -0.39 is 11.2 Å². The van der Waals surface area contributed by atoms with Gasteiger partial charge in [0.25, 0.3) is 5.91 Å². The molecular weight excluding hydrogens is 610 g/mol. The molecule has 1 aliphatic heterocycles. The van der Waals surface area contributed by atoms with Gasteiger partial charge >= 0.3 is 0 Å². The van der Waals surface area contributed by atoms with Crippen LogP contribution in [0.15, 0.2) is 39.5 Å². The number of hydrogen-bond acceptors (Lipinski definition) is 4. The largest absolute Gasteiger partial charge is 0.455 e. The molecule has 1 saturated heterocycles. The highest BCUT2D eigenvalue weighted by Crippen LogP contribution is 2.39. The average molecular weight is 635 g/mol. The van der Waals surface area contributed by atoms with E-state index in [1.165, 1.54) is 0 Å². The zero-order valence-corrected chi connectivity index (χ0v) is 24.0. The number of ether oxygens (including phenoxy) is 1. The van der Waals surface area contributed by atoms with Crippen molar-refractivity contribution in [3.05, 3.63) is 56.4 Å². The maximum atomic E-state index is 13.2. The second-order valence-electron chi connectivity index (χ2n) is 9.50. The van der Waals surface area contributed by atoms with E-state index in [-0.39, 0.29) is 11.9 Å². The van der Waals surface area contributed by atoms with Crippen LogP contribution in [0, 0.1) is 13.8 Å². The molecule has 1 aliphatic carbocycles. The highest BCUT2D eigenvalue weighted by molar-refractivity contribution is 9.11. The number of aryl methyl sites for hydroxylation is 1. The molecule has 1 N–H and O–H groups in total. The van der Waals surface area contributed by atoms with Gasteiger partial charge in [-0.15, -0.1) is 0 Å². The normalized spacial score (nSPS) is 18.6. The highest BCUT2D eigenvalue weighted by atomic mass is 79.9. The number of nitrogens with one attached hydrogen (secondary N) is 1. The highest BCUT2D eigenvalue weighted by Gasteiger charge is 2.33. The molecule has 2 atom stereocenters. The maximum Gasteiger partial charge on any atom is 0.257 e. The molecule has 1 amide bonds. The van der Waals surface area contributed by atoms with Gasteiger partial charge in [-0.05, 0) is 95.7 Å². The first-order chi connectivity index (χ1) is 17.3. The van der Waals surface area contributed by atoms with Crippen LogP contribution in [0.4, 0.5) is 0 Å². The second-order valence-corrected chi connectivity index (χ2v) is 12.1. The quantitative estimate of drug-likeness (QED) is 0.298. The van der Waals surface area contributed by atoms with Crippen LogP contribution in [-0.2, 0) is 11.2 Å². The predicted molar refractivity (Wildman–Crippen MR) is 147 cm³/mol. The summed E-state index contributed by atoms with van der Waals surface area (Å²) >= 11 is 5.94. The van der Waals surface area contributed by atoms with Crippen LogP contribution in [0.3, 0.4) is 0 Å². The van der Waals surface area contributed by atoms with E-state index >= 15 is 0 Å². The minimum Gasteiger partial charge on any atom is -0.455 e. The number of carbonyl (C=O) groups excluding carboxylic acids is 1. The Labute approximate surface area is 227 Å². The molecule has 1 aromatic carbocycles. The molecule has 4 heterocycles. The Hall–Kier alpha value is -2.21. The number of rotatable bonds is 6. The standard InChI is InChI=1S/C25H25Br2N5O3S/c1-13-9-11-30(13)25(33)21-14(2)23-20(8-10-28-31(23)24(21)27)35-17-6-7-19-18(12-17)22(26)15(3)32(19)36(34)29-16-4-5-16/h6-8,10,12-13,16,29H,4-5,9,11H2,1-3H3/t13-,36?/m1/s1. The fourth-order valence-electron chi connectivity index (χ4n) is 4.71. The molecule has 11 heteroatoms. The lowest BCUT2D eigenvalue weighted by Gasteiger charge is -2.38. The van der Waals surface area contributed by atoms with Crippen molar-refractivity contribution < 1.29 is 13.7 Å². The number of nitrogens with zero attached hydrogens (tertiary/aromatic N) is 4. The van der Waals surface area contributed by atoms with E-state index in [0.29, 0.717) is 27.7 Å². The predicted octanol–water partition coefficient (Wildman–Crippen LogP) is 5.64. The van der Waals surface area contributed by atoms with Crippen molar-refractivity contribution in [1.29, 1.82) is 0 Å². The van der Waals surface area contributed by atoms with Gasteiger partial charge in [0.2, 0.25) is 11.2 Å². The van der Waals surface area contributed by atoms with Gasteiger partial charge in [0.15, 0.2) is 5.75 Å².